The van der Waals surface area contributed by atoms with Crippen LogP contribution in [0.25, 0.3) is 0 Å². The lowest BCUT2D eigenvalue weighted by atomic mass is 10.1. The minimum atomic E-state index is -0.169. The van der Waals surface area contributed by atoms with Crippen molar-refractivity contribution >= 4 is 17.4 Å². The van der Waals surface area contributed by atoms with Gasteiger partial charge in [-0.05, 0) is 30.2 Å². The zero-order valence-corrected chi connectivity index (χ0v) is 10.9. The Labute approximate surface area is 112 Å². The summed E-state index contributed by atoms with van der Waals surface area (Å²) in [5.41, 5.74) is 8.08. The van der Waals surface area contributed by atoms with Gasteiger partial charge in [0.2, 0.25) is 0 Å². The van der Waals surface area contributed by atoms with Crippen LogP contribution in [0.4, 0.5) is 11.5 Å². The van der Waals surface area contributed by atoms with Crippen molar-refractivity contribution in [2.24, 2.45) is 0 Å². The Hall–Kier alpha value is -2.36. The van der Waals surface area contributed by atoms with Crippen LogP contribution >= 0.6 is 0 Å². The number of rotatable bonds is 4. The van der Waals surface area contributed by atoms with Crippen LogP contribution in [0, 0.1) is 0 Å². The normalized spacial score (nSPS) is 10.2. The van der Waals surface area contributed by atoms with Gasteiger partial charge in [-0.15, -0.1) is 0 Å². The first kappa shape index (κ1) is 13.1. The molecular formula is C15H17N3O. The topological polar surface area (TPSA) is 68.0 Å². The number of para-hydroxylation sites is 1. The molecule has 0 unspecified atom stereocenters. The van der Waals surface area contributed by atoms with E-state index >= 15 is 0 Å². The molecule has 1 heterocycles. The van der Waals surface area contributed by atoms with E-state index in [1.807, 2.05) is 24.3 Å². The van der Waals surface area contributed by atoms with Gasteiger partial charge in [-0.2, -0.15) is 0 Å². The average Bonchev–Trinajstić information content (AvgIpc) is 2.41. The first-order valence-electron chi connectivity index (χ1n) is 6.31. The zero-order chi connectivity index (χ0) is 13.7. The van der Waals surface area contributed by atoms with Crippen molar-refractivity contribution in [1.82, 2.24) is 4.98 Å². The van der Waals surface area contributed by atoms with Gasteiger partial charge < -0.3 is 11.1 Å². The number of carbonyl (C=O) groups excluding carboxylic acids is 1. The van der Waals surface area contributed by atoms with E-state index in [0.29, 0.717) is 11.4 Å². The molecule has 0 atom stereocenters. The predicted molar refractivity (Wildman–Crippen MR) is 77.0 cm³/mol. The molecule has 1 amide bonds. The van der Waals surface area contributed by atoms with Crippen molar-refractivity contribution in [2.75, 3.05) is 11.1 Å². The van der Waals surface area contributed by atoms with Crippen LogP contribution in [0.15, 0.2) is 42.6 Å². The van der Waals surface area contributed by atoms with E-state index in [2.05, 4.69) is 17.2 Å². The standard InChI is InChI=1S/C15H17N3O/c1-2-5-11-6-3-4-7-13(11)18-15(19)12-8-9-17-14(16)10-12/h3-4,6-10H,2,5H2,1H3,(H2,16,17)(H,18,19). The first-order chi connectivity index (χ1) is 9.20. The van der Waals surface area contributed by atoms with Crippen LogP contribution in [0.3, 0.4) is 0 Å². The molecule has 0 aliphatic carbocycles. The summed E-state index contributed by atoms with van der Waals surface area (Å²) in [6.07, 6.45) is 3.51. The number of carbonyl (C=O) groups is 1. The van der Waals surface area contributed by atoms with Crippen LogP contribution in [0.1, 0.15) is 29.3 Å². The number of nitrogens with two attached hydrogens (primary N) is 1. The number of nitrogen functional groups attached to an aromatic ring is 1. The molecule has 0 saturated heterocycles. The summed E-state index contributed by atoms with van der Waals surface area (Å²) in [5, 5.41) is 2.92. The number of amides is 1. The Morgan fingerprint density at radius 2 is 2.11 bits per heavy atom. The van der Waals surface area contributed by atoms with E-state index in [4.69, 9.17) is 5.73 Å². The number of pyridine rings is 1. The molecule has 0 spiro atoms. The average molecular weight is 255 g/mol. The summed E-state index contributed by atoms with van der Waals surface area (Å²) in [5.74, 6) is 0.173. The third kappa shape index (κ3) is 3.31. The lowest BCUT2D eigenvalue weighted by Crippen LogP contribution is -2.13. The first-order valence-corrected chi connectivity index (χ1v) is 6.31. The summed E-state index contributed by atoms with van der Waals surface area (Å²) < 4.78 is 0. The summed E-state index contributed by atoms with van der Waals surface area (Å²) in [7, 11) is 0. The van der Waals surface area contributed by atoms with E-state index in [1.165, 1.54) is 6.20 Å². The quantitative estimate of drug-likeness (QED) is 0.882. The largest absolute Gasteiger partial charge is 0.384 e. The predicted octanol–water partition coefficient (Wildman–Crippen LogP) is 2.87. The maximum Gasteiger partial charge on any atom is 0.255 e. The number of nitrogens with zero attached hydrogens (tertiary/aromatic N) is 1. The number of hydrogen-bond acceptors (Lipinski definition) is 3. The van der Waals surface area contributed by atoms with Crippen LogP contribution < -0.4 is 11.1 Å². The SMILES string of the molecule is CCCc1ccccc1NC(=O)c1ccnc(N)c1. The fraction of sp³-hybridized carbons (Fsp3) is 0.200. The molecule has 4 heteroatoms. The second-order valence-corrected chi connectivity index (χ2v) is 4.33. The Bertz CT molecular complexity index is 581. The molecule has 0 bridgehead atoms. The fourth-order valence-electron chi connectivity index (χ4n) is 1.91. The minimum absolute atomic E-state index is 0.169. The minimum Gasteiger partial charge on any atom is -0.384 e. The number of aromatic nitrogens is 1. The molecule has 0 fully saturated rings. The highest BCUT2D eigenvalue weighted by atomic mass is 16.1. The summed E-state index contributed by atoms with van der Waals surface area (Å²) in [4.78, 5) is 16.0. The van der Waals surface area contributed by atoms with Crippen LogP contribution in [0.2, 0.25) is 0 Å². The van der Waals surface area contributed by atoms with E-state index < -0.39 is 0 Å². The van der Waals surface area contributed by atoms with E-state index in [0.717, 1.165) is 24.1 Å². The third-order valence-electron chi connectivity index (χ3n) is 2.83. The Morgan fingerprint density at radius 3 is 2.84 bits per heavy atom. The maximum absolute atomic E-state index is 12.1. The van der Waals surface area contributed by atoms with Gasteiger partial charge in [0.05, 0.1) is 0 Å². The number of benzene rings is 1. The van der Waals surface area contributed by atoms with E-state index in [1.54, 1.807) is 12.1 Å². The third-order valence-corrected chi connectivity index (χ3v) is 2.83. The molecule has 1 aromatic heterocycles. The number of aryl methyl sites for hydroxylation is 1. The fourth-order valence-corrected chi connectivity index (χ4v) is 1.91. The van der Waals surface area contributed by atoms with Gasteiger partial charge in [0, 0.05) is 17.4 Å². The number of anilines is 2. The van der Waals surface area contributed by atoms with Crippen molar-refractivity contribution < 1.29 is 4.79 Å². The molecule has 98 valence electrons. The molecule has 19 heavy (non-hydrogen) atoms. The molecule has 0 radical (unpaired) electrons. The van der Waals surface area contributed by atoms with Gasteiger partial charge in [0.1, 0.15) is 5.82 Å². The molecule has 4 nitrogen and oxygen atoms in total. The van der Waals surface area contributed by atoms with Gasteiger partial charge in [-0.25, -0.2) is 4.98 Å². The molecule has 0 saturated carbocycles. The highest BCUT2D eigenvalue weighted by Gasteiger charge is 2.08. The number of hydrogen-bond donors (Lipinski definition) is 2. The number of nitrogens with one attached hydrogen (secondary N) is 1. The van der Waals surface area contributed by atoms with Crippen LogP contribution in [0.5, 0.6) is 0 Å². The Balaban J connectivity index is 2.19. The molecule has 0 aliphatic heterocycles. The lowest BCUT2D eigenvalue weighted by molar-refractivity contribution is 0.102. The summed E-state index contributed by atoms with van der Waals surface area (Å²) in [6, 6.07) is 11.0. The Kier molecular flexibility index (Phi) is 4.13. The van der Waals surface area contributed by atoms with Crippen molar-refractivity contribution in [3.63, 3.8) is 0 Å². The monoisotopic (exact) mass is 255 g/mol. The summed E-state index contributed by atoms with van der Waals surface area (Å²) in [6.45, 7) is 2.11. The highest BCUT2D eigenvalue weighted by Crippen LogP contribution is 2.18. The molecule has 0 aliphatic rings. The van der Waals surface area contributed by atoms with E-state index in [9.17, 15) is 4.79 Å². The van der Waals surface area contributed by atoms with Crippen LogP contribution in [-0.2, 0) is 6.42 Å². The van der Waals surface area contributed by atoms with Gasteiger partial charge in [-0.3, -0.25) is 4.79 Å². The Morgan fingerprint density at radius 1 is 1.32 bits per heavy atom. The van der Waals surface area contributed by atoms with Gasteiger partial charge in [0.25, 0.3) is 5.91 Å². The molecular weight excluding hydrogens is 238 g/mol. The molecule has 3 N–H and O–H groups in total. The molecule has 2 rings (SSSR count). The van der Waals surface area contributed by atoms with Gasteiger partial charge >= 0.3 is 0 Å². The highest BCUT2D eigenvalue weighted by molar-refractivity contribution is 6.04. The van der Waals surface area contributed by atoms with Gasteiger partial charge in [-0.1, -0.05) is 31.5 Å². The second kappa shape index (κ2) is 6.00. The van der Waals surface area contributed by atoms with Crippen LogP contribution in [-0.4, -0.2) is 10.9 Å². The zero-order valence-electron chi connectivity index (χ0n) is 10.9. The van der Waals surface area contributed by atoms with Gasteiger partial charge in [0.15, 0.2) is 0 Å². The second-order valence-electron chi connectivity index (χ2n) is 4.33. The summed E-state index contributed by atoms with van der Waals surface area (Å²) >= 11 is 0. The smallest absolute Gasteiger partial charge is 0.255 e. The van der Waals surface area contributed by atoms with Crippen molar-refractivity contribution in [1.29, 1.82) is 0 Å². The molecule has 2 aromatic rings. The van der Waals surface area contributed by atoms with E-state index in [-0.39, 0.29) is 5.91 Å². The maximum atomic E-state index is 12.1. The molecule has 1 aromatic carbocycles. The van der Waals surface area contributed by atoms with Crippen molar-refractivity contribution in [2.45, 2.75) is 19.8 Å². The lowest BCUT2D eigenvalue weighted by Gasteiger charge is -2.10. The van der Waals surface area contributed by atoms with Crippen molar-refractivity contribution in [3.05, 3.63) is 53.7 Å². The van der Waals surface area contributed by atoms with Crippen molar-refractivity contribution in [3.8, 4) is 0 Å².